The normalized spacial score (nSPS) is 0. The number of rotatable bonds is 0. The van der Waals surface area contributed by atoms with Crippen LogP contribution in [-0.2, 0) is 19.5 Å². The summed E-state index contributed by atoms with van der Waals surface area (Å²) < 4.78 is 0. The van der Waals surface area contributed by atoms with Crippen molar-refractivity contribution in [3.63, 3.8) is 0 Å². The van der Waals surface area contributed by atoms with Crippen LogP contribution in [0, 0.1) is 0 Å². The molecular formula is Br3Rh-. The molecule has 0 saturated carbocycles. The summed E-state index contributed by atoms with van der Waals surface area (Å²) in [5.41, 5.74) is 0. The summed E-state index contributed by atoms with van der Waals surface area (Å²) in [5.74, 6) is 0. The van der Waals surface area contributed by atoms with Crippen LogP contribution in [-0.4, -0.2) is 0 Å². The maximum Gasteiger partial charge on any atom is 2.00 e. The van der Waals surface area contributed by atoms with E-state index in [9.17, 15) is 0 Å². The number of halogens is 3. The van der Waals surface area contributed by atoms with Crippen molar-refractivity contribution in [2.24, 2.45) is 0 Å². The Bertz CT molecular complexity index is 3.25. The molecule has 0 rings (SSSR count). The Labute approximate surface area is 69.8 Å². The van der Waals surface area contributed by atoms with E-state index in [4.69, 9.17) is 0 Å². The van der Waals surface area contributed by atoms with Gasteiger partial charge in [0.05, 0.1) is 0 Å². The second-order valence-corrected chi connectivity index (χ2v) is 0. The Morgan fingerprint density at radius 1 is 0.500 bits per heavy atom. The smallest absolute Gasteiger partial charge is 1.00 e. The summed E-state index contributed by atoms with van der Waals surface area (Å²) in [6, 6.07) is 0. The molecule has 0 spiro atoms. The molecule has 4 heavy (non-hydrogen) atoms. The predicted octanol–water partition coefficient (Wildman–Crippen LogP) is -8.99. The molecule has 0 aliphatic heterocycles. The maximum atomic E-state index is 0. The SMILES string of the molecule is [Br-].[Br-].[Br-].[Rh+2]. The number of hydrogen-bond donors (Lipinski definition) is 0. The molecule has 0 aliphatic carbocycles. The van der Waals surface area contributed by atoms with Gasteiger partial charge in [0.2, 0.25) is 0 Å². The van der Waals surface area contributed by atoms with Gasteiger partial charge in [-0.05, 0) is 0 Å². The standard InChI is InChI=1S/3BrH.Rh/h3*1H;/q;;;+2/p-3. The topological polar surface area (TPSA) is 0 Å². The molecule has 0 aromatic carbocycles. The van der Waals surface area contributed by atoms with Gasteiger partial charge in [0, 0.05) is 0 Å². The maximum absolute atomic E-state index is 0. The molecule has 0 saturated heterocycles. The Kier molecular flexibility index (Phi) is 179. The van der Waals surface area contributed by atoms with Crippen LogP contribution in [0.4, 0.5) is 0 Å². The van der Waals surface area contributed by atoms with E-state index < -0.39 is 0 Å². The quantitative estimate of drug-likeness (QED) is 0.384. The molecule has 0 unspecified atom stereocenters. The summed E-state index contributed by atoms with van der Waals surface area (Å²) in [7, 11) is 0. The van der Waals surface area contributed by atoms with Crippen LogP contribution in [0.15, 0.2) is 0 Å². The van der Waals surface area contributed by atoms with E-state index in [1.54, 1.807) is 0 Å². The summed E-state index contributed by atoms with van der Waals surface area (Å²) in [6.07, 6.45) is 0. The van der Waals surface area contributed by atoms with Gasteiger partial charge in [0.1, 0.15) is 0 Å². The van der Waals surface area contributed by atoms with Crippen LogP contribution >= 0.6 is 0 Å². The van der Waals surface area contributed by atoms with Gasteiger partial charge in [-0.3, -0.25) is 0 Å². The van der Waals surface area contributed by atoms with E-state index in [0.29, 0.717) is 0 Å². The molecule has 0 amide bonds. The van der Waals surface area contributed by atoms with Crippen molar-refractivity contribution < 1.29 is 70.4 Å². The third-order valence-electron chi connectivity index (χ3n) is 0. The molecule has 31 valence electrons. The van der Waals surface area contributed by atoms with Crippen molar-refractivity contribution >= 4 is 0 Å². The minimum atomic E-state index is 0. The molecule has 0 N–H and O–H groups in total. The monoisotopic (exact) mass is 340 g/mol. The molecule has 0 nitrogen and oxygen atoms in total. The van der Waals surface area contributed by atoms with E-state index in [2.05, 4.69) is 0 Å². The van der Waals surface area contributed by atoms with Gasteiger partial charge in [0.15, 0.2) is 0 Å². The zero-order valence-corrected chi connectivity index (χ0v) is 7.86. The van der Waals surface area contributed by atoms with Crippen LogP contribution in [0.1, 0.15) is 0 Å². The van der Waals surface area contributed by atoms with Gasteiger partial charge in [-0.15, -0.1) is 0 Å². The molecule has 0 heterocycles. The van der Waals surface area contributed by atoms with E-state index in [-0.39, 0.29) is 70.4 Å². The molecule has 0 aromatic rings. The number of hydrogen-bond acceptors (Lipinski definition) is 0. The van der Waals surface area contributed by atoms with Crippen molar-refractivity contribution in [3.8, 4) is 0 Å². The first-order valence-electron chi connectivity index (χ1n) is 0. The third kappa shape index (κ3) is 8.96. The van der Waals surface area contributed by atoms with Gasteiger partial charge in [0.25, 0.3) is 0 Å². The van der Waals surface area contributed by atoms with Crippen molar-refractivity contribution in [2.45, 2.75) is 0 Å². The molecule has 4 heteroatoms. The first kappa shape index (κ1) is 36.5. The largest absolute Gasteiger partial charge is 2.00 e. The molecule has 1 radical (unpaired) electrons. The Morgan fingerprint density at radius 2 is 0.500 bits per heavy atom. The molecule has 0 fully saturated rings. The fraction of sp³-hybridized carbons (Fsp3) is 0. The molecule has 0 bridgehead atoms. The zero-order chi connectivity index (χ0) is 0. The van der Waals surface area contributed by atoms with Crippen molar-refractivity contribution in [1.29, 1.82) is 0 Å². The average molecular weight is 343 g/mol. The molecule has 0 aromatic heterocycles. The van der Waals surface area contributed by atoms with E-state index >= 15 is 0 Å². The summed E-state index contributed by atoms with van der Waals surface area (Å²) >= 11 is 0. The van der Waals surface area contributed by atoms with Crippen molar-refractivity contribution in [2.75, 3.05) is 0 Å². The van der Waals surface area contributed by atoms with Gasteiger partial charge in [-0.25, -0.2) is 0 Å². The molecule has 0 aliphatic rings. The Morgan fingerprint density at radius 3 is 0.500 bits per heavy atom. The van der Waals surface area contributed by atoms with Crippen LogP contribution in [0.3, 0.4) is 0 Å². The molecule has 0 atom stereocenters. The van der Waals surface area contributed by atoms with Gasteiger partial charge in [-0.2, -0.15) is 0 Å². The molecular weight excluding hydrogens is 343 g/mol. The Hall–Kier alpha value is 2.06. The van der Waals surface area contributed by atoms with E-state index in [1.807, 2.05) is 0 Å². The minimum Gasteiger partial charge on any atom is -1.00 e. The van der Waals surface area contributed by atoms with Gasteiger partial charge < -0.3 is 50.9 Å². The van der Waals surface area contributed by atoms with Crippen LogP contribution in [0.25, 0.3) is 0 Å². The van der Waals surface area contributed by atoms with Gasteiger partial charge in [-0.1, -0.05) is 0 Å². The average Bonchev–Trinajstić information content (AvgIpc) is 0. The van der Waals surface area contributed by atoms with Crippen LogP contribution < -0.4 is 50.9 Å². The van der Waals surface area contributed by atoms with Crippen molar-refractivity contribution in [3.05, 3.63) is 0 Å². The summed E-state index contributed by atoms with van der Waals surface area (Å²) in [4.78, 5) is 0. The van der Waals surface area contributed by atoms with E-state index in [1.165, 1.54) is 0 Å². The van der Waals surface area contributed by atoms with Crippen LogP contribution in [0.2, 0.25) is 0 Å². The second kappa shape index (κ2) is 19.6. The first-order chi connectivity index (χ1) is 0. The van der Waals surface area contributed by atoms with Crippen molar-refractivity contribution in [1.82, 2.24) is 0 Å². The first-order valence-corrected chi connectivity index (χ1v) is 0. The minimum absolute atomic E-state index is 0. The Balaban J connectivity index is 0. The van der Waals surface area contributed by atoms with E-state index in [0.717, 1.165) is 0 Å². The third-order valence-corrected chi connectivity index (χ3v) is 0. The fourth-order valence-corrected chi connectivity index (χ4v) is 0. The zero-order valence-electron chi connectivity index (χ0n) is 1.47. The summed E-state index contributed by atoms with van der Waals surface area (Å²) in [6.45, 7) is 0. The fourth-order valence-electron chi connectivity index (χ4n) is 0. The predicted molar refractivity (Wildman–Crippen MR) is 0 cm³/mol. The second-order valence-electron chi connectivity index (χ2n) is 0. The van der Waals surface area contributed by atoms with Gasteiger partial charge >= 0.3 is 19.5 Å². The van der Waals surface area contributed by atoms with Crippen LogP contribution in [0.5, 0.6) is 0 Å². The summed E-state index contributed by atoms with van der Waals surface area (Å²) in [5, 5.41) is 0.